The number of aryl methyl sites for hydroxylation is 3. The van der Waals surface area contributed by atoms with Crippen LogP contribution in [-0.2, 0) is 12.5 Å². The summed E-state index contributed by atoms with van der Waals surface area (Å²) in [4.78, 5) is 0. The SMILES string of the molecule is Cc1ccc(-c2cc(C(C)(C)c3ccccc3)ccc2C)[n+](C)c1. The van der Waals surface area contributed by atoms with E-state index in [1.54, 1.807) is 0 Å². The number of pyridine rings is 1. The van der Waals surface area contributed by atoms with Gasteiger partial charge < -0.3 is 0 Å². The first-order valence-electron chi connectivity index (χ1n) is 8.53. The number of rotatable bonds is 3. The molecule has 2 aromatic carbocycles. The van der Waals surface area contributed by atoms with Crippen molar-refractivity contribution < 1.29 is 4.57 Å². The van der Waals surface area contributed by atoms with Gasteiger partial charge in [0.2, 0.25) is 5.69 Å². The van der Waals surface area contributed by atoms with Crippen molar-refractivity contribution in [3.8, 4) is 11.3 Å². The van der Waals surface area contributed by atoms with Gasteiger partial charge in [-0.15, -0.1) is 0 Å². The summed E-state index contributed by atoms with van der Waals surface area (Å²) in [6, 6.07) is 22.0. The minimum absolute atomic E-state index is 0.0209. The van der Waals surface area contributed by atoms with E-state index in [0.29, 0.717) is 0 Å². The van der Waals surface area contributed by atoms with Crippen molar-refractivity contribution in [3.05, 3.63) is 89.1 Å². The number of hydrogen-bond donors (Lipinski definition) is 0. The van der Waals surface area contributed by atoms with Crippen LogP contribution in [0.4, 0.5) is 0 Å². The van der Waals surface area contributed by atoms with E-state index in [2.05, 4.69) is 106 Å². The van der Waals surface area contributed by atoms with Crippen LogP contribution in [0.15, 0.2) is 66.9 Å². The lowest BCUT2D eigenvalue weighted by molar-refractivity contribution is -0.660. The monoisotopic (exact) mass is 316 g/mol. The number of aromatic nitrogens is 1. The van der Waals surface area contributed by atoms with E-state index < -0.39 is 0 Å². The Morgan fingerprint density at radius 2 is 1.50 bits per heavy atom. The standard InChI is InChI=1S/C23H26N/c1-17-11-14-22(24(5)16-17)21-15-20(13-12-18(21)2)23(3,4)19-9-7-6-8-10-19/h6-16H,1-5H3/q+1. The van der Waals surface area contributed by atoms with Crippen LogP contribution >= 0.6 is 0 Å². The maximum absolute atomic E-state index is 2.35. The molecule has 0 bridgehead atoms. The summed E-state index contributed by atoms with van der Waals surface area (Å²) in [5, 5.41) is 0. The maximum Gasteiger partial charge on any atom is 0.212 e. The smallest absolute Gasteiger partial charge is 0.201 e. The van der Waals surface area contributed by atoms with Gasteiger partial charge in [0.05, 0.1) is 0 Å². The molecule has 0 N–H and O–H groups in total. The maximum atomic E-state index is 2.35. The van der Waals surface area contributed by atoms with Crippen molar-refractivity contribution in [1.82, 2.24) is 0 Å². The largest absolute Gasteiger partial charge is 0.212 e. The van der Waals surface area contributed by atoms with E-state index in [9.17, 15) is 0 Å². The van der Waals surface area contributed by atoms with Crippen LogP contribution < -0.4 is 4.57 Å². The Kier molecular flexibility index (Phi) is 4.28. The van der Waals surface area contributed by atoms with Crippen LogP contribution in [0.5, 0.6) is 0 Å². The van der Waals surface area contributed by atoms with Crippen molar-refractivity contribution >= 4 is 0 Å². The zero-order valence-corrected chi connectivity index (χ0v) is 15.3. The first-order valence-corrected chi connectivity index (χ1v) is 8.53. The van der Waals surface area contributed by atoms with Gasteiger partial charge in [0, 0.05) is 22.6 Å². The lowest BCUT2D eigenvalue weighted by Crippen LogP contribution is -2.31. The summed E-state index contributed by atoms with van der Waals surface area (Å²) in [6.07, 6.45) is 2.18. The van der Waals surface area contributed by atoms with E-state index in [0.717, 1.165) is 0 Å². The molecule has 0 aliphatic rings. The molecule has 0 amide bonds. The van der Waals surface area contributed by atoms with Gasteiger partial charge in [-0.25, -0.2) is 4.57 Å². The Morgan fingerprint density at radius 3 is 2.17 bits per heavy atom. The first-order chi connectivity index (χ1) is 11.4. The minimum Gasteiger partial charge on any atom is -0.201 e. The molecular formula is C23H26N+. The van der Waals surface area contributed by atoms with Gasteiger partial charge in [-0.1, -0.05) is 56.3 Å². The van der Waals surface area contributed by atoms with Gasteiger partial charge in [0.25, 0.3) is 0 Å². The summed E-state index contributed by atoms with van der Waals surface area (Å²) in [6.45, 7) is 8.91. The molecule has 0 fully saturated rings. The number of nitrogens with zero attached hydrogens (tertiary/aromatic N) is 1. The molecule has 0 atom stereocenters. The molecule has 0 radical (unpaired) electrons. The summed E-state index contributed by atoms with van der Waals surface area (Å²) in [7, 11) is 2.12. The second kappa shape index (κ2) is 6.24. The Balaban J connectivity index is 2.13. The van der Waals surface area contributed by atoms with Crippen LogP contribution in [0.2, 0.25) is 0 Å². The third-order valence-electron chi connectivity index (χ3n) is 5.01. The Bertz CT molecular complexity index is 860. The fourth-order valence-electron chi connectivity index (χ4n) is 3.33. The quantitative estimate of drug-likeness (QED) is 0.590. The highest BCUT2D eigenvalue weighted by atomic mass is 14.9. The summed E-state index contributed by atoms with van der Waals surface area (Å²) in [5.41, 5.74) is 7.81. The molecule has 1 aromatic heterocycles. The Hall–Kier alpha value is -2.41. The van der Waals surface area contributed by atoms with Crippen LogP contribution in [0.25, 0.3) is 11.3 Å². The van der Waals surface area contributed by atoms with Crippen LogP contribution in [0.1, 0.15) is 36.1 Å². The minimum atomic E-state index is -0.0209. The highest BCUT2D eigenvalue weighted by Crippen LogP contribution is 2.34. The van der Waals surface area contributed by atoms with Gasteiger partial charge in [-0.3, -0.25) is 0 Å². The lowest BCUT2D eigenvalue weighted by Gasteiger charge is -2.27. The summed E-state index contributed by atoms with van der Waals surface area (Å²) >= 11 is 0. The molecule has 1 nitrogen and oxygen atoms in total. The van der Waals surface area contributed by atoms with E-state index in [1.807, 2.05) is 0 Å². The van der Waals surface area contributed by atoms with Gasteiger partial charge in [-0.05, 0) is 42.7 Å². The van der Waals surface area contributed by atoms with Crippen LogP contribution in [-0.4, -0.2) is 0 Å². The number of benzene rings is 2. The average Bonchev–Trinajstić information content (AvgIpc) is 2.56. The van der Waals surface area contributed by atoms with E-state index in [-0.39, 0.29) is 5.41 Å². The van der Waals surface area contributed by atoms with Gasteiger partial charge in [-0.2, -0.15) is 0 Å². The molecule has 0 unspecified atom stereocenters. The van der Waals surface area contributed by atoms with Crippen molar-refractivity contribution in [3.63, 3.8) is 0 Å². The molecule has 0 spiro atoms. The predicted molar refractivity (Wildman–Crippen MR) is 101 cm³/mol. The average molecular weight is 316 g/mol. The van der Waals surface area contributed by atoms with Crippen molar-refractivity contribution in [2.45, 2.75) is 33.1 Å². The second-order valence-electron chi connectivity index (χ2n) is 7.22. The lowest BCUT2D eigenvalue weighted by atomic mass is 9.77. The van der Waals surface area contributed by atoms with Gasteiger partial charge in [0.1, 0.15) is 7.05 Å². The zero-order valence-electron chi connectivity index (χ0n) is 15.3. The molecule has 3 aromatic rings. The third-order valence-corrected chi connectivity index (χ3v) is 5.01. The predicted octanol–water partition coefficient (Wildman–Crippen LogP) is 5.12. The highest BCUT2D eigenvalue weighted by Gasteiger charge is 2.24. The van der Waals surface area contributed by atoms with Gasteiger partial charge >= 0.3 is 0 Å². The molecule has 1 heterocycles. The molecular weight excluding hydrogens is 290 g/mol. The van der Waals surface area contributed by atoms with Crippen LogP contribution in [0, 0.1) is 13.8 Å². The second-order valence-corrected chi connectivity index (χ2v) is 7.22. The van der Waals surface area contributed by atoms with Crippen molar-refractivity contribution in [1.29, 1.82) is 0 Å². The molecule has 1 heteroatoms. The molecule has 0 saturated heterocycles. The topological polar surface area (TPSA) is 3.88 Å². The highest BCUT2D eigenvalue weighted by molar-refractivity contribution is 5.63. The summed E-state index contributed by atoms with van der Waals surface area (Å²) in [5.74, 6) is 0. The van der Waals surface area contributed by atoms with Crippen molar-refractivity contribution in [2.24, 2.45) is 7.05 Å². The first kappa shape index (κ1) is 16.4. The number of hydrogen-bond acceptors (Lipinski definition) is 0. The Morgan fingerprint density at radius 1 is 0.792 bits per heavy atom. The molecule has 3 rings (SSSR count). The van der Waals surface area contributed by atoms with Crippen molar-refractivity contribution in [2.75, 3.05) is 0 Å². The summed E-state index contributed by atoms with van der Waals surface area (Å²) < 4.78 is 2.22. The van der Waals surface area contributed by atoms with E-state index in [1.165, 1.54) is 33.5 Å². The molecule has 122 valence electrons. The molecule has 24 heavy (non-hydrogen) atoms. The van der Waals surface area contributed by atoms with Gasteiger partial charge in [0.15, 0.2) is 6.20 Å². The fraction of sp³-hybridized carbons (Fsp3) is 0.261. The molecule has 0 saturated carbocycles. The molecule has 0 aliphatic heterocycles. The third kappa shape index (κ3) is 2.99. The molecule has 0 aliphatic carbocycles. The fourth-order valence-corrected chi connectivity index (χ4v) is 3.33. The zero-order chi connectivity index (χ0) is 17.3. The van der Waals surface area contributed by atoms with E-state index >= 15 is 0 Å². The van der Waals surface area contributed by atoms with Crippen LogP contribution in [0.3, 0.4) is 0 Å². The van der Waals surface area contributed by atoms with E-state index in [4.69, 9.17) is 0 Å². The normalized spacial score (nSPS) is 11.5. The Labute approximate surface area is 145 Å².